The van der Waals surface area contributed by atoms with Crippen LogP contribution in [0.1, 0.15) is 22.3 Å². The third-order valence-electron chi connectivity index (χ3n) is 3.60. The van der Waals surface area contributed by atoms with Crippen molar-refractivity contribution in [2.45, 2.75) is 12.8 Å². The first-order valence-electron chi connectivity index (χ1n) is 6.82. The summed E-state index contributed by atoms with van der Waals surface area (Å²) in [4.78, 5) is 23.9. The highest BCUT2D eigenvalue weighted by molar-refractivity contribution is 7.16. The lowest BCUT2D eigenvalue weighted by molar-refractivity contribution is 0.0983. The van der Waals surface area contributed by atoms with Gasteiger partial charge in [-0.05, 0) is 30.2 Å². The Bertz CT molecular complexity index is 846. The molecule has 0 N–H and O–H groups in total. The predicted octanol–water partition coefficient (Wildman–Crippen LogP) is 3.42. The molecule has 0 aliphatic heterocycles. The molecule has 3 rings (SSSR count). The quantitative estimate of drug-likeness (QED) is 0.692. The van der Waals surface area contributed by atoms with E-state index in [0.717, 1.165) is 22.2 Å². The van der Waals surface area contributed by atoms with Gasteiger partial charge in [0.05, 0.1) is 10.2 Å². The molecule has 0 radical (unpaired) electrons. The lowest BCUT2D eigenvalue weighted by Gasteiger charge is -2.02. The molecule has 0 aliphatic rings. The van der Waals surface area contributed by atoms with Crippen LogP contribution in [-0.4, -0.2) is 10.4 Å². The Kier molecular flexibility index (Phi) is 3.71. The number of hydrogen-bond acceptors (Lipinski definition) is 3. The second kappa shape index (κ2) is 5.66. The van der Waals surface area contributed by atoms with Gasteiger partial charge in [0.1, 0.15) is 0 Å². The SMILES string of the molecule is Cn1c(=O)sc2cc(C(=O)CCc3ccccc3)ccc21. The van der Waals surface area contributed by atoms with E-state index in [4.69, 9.17) is 0 Å². The molecule has 0 aliphatic carbocycles. The normalized spacial score (nSPS) is 10.9. The van der Waals surface area contributed by atoms with Crippen LogP contribution < -0.4 is 4.87 Å². The van der Waals surface area contributed by atoms with Crippen LogP contribution in [0.2, 0.25) is 0 Å². The van der Waals surface area contributed by atoms with Gasteiger partial charge in [0.2, 0.25) is 0 Å². The van der Waals surface area contributed by atoms with Crippen LogP contribution in [0.15, 0.2) is 53.3 Å². The first-order chi connectivity index (χ1) is 10.1. The molecule has 1 heterocycles. The van der Waals surface area contributed by atoms with E-state index in [1.165, 1.54) is 11.3 Å². The number of aryl methyl sites for hydroxylation is 2. The average Bonchev–Trinajstić information content (AvgIpc) is 2.80. The highest BCUT2D eigenvalue weighted by atomic mass is 32.1. The smallest absolute Gasteiger partial charge is 0.302 e. The first kappa shape index (κ1) is 13.8. The Balaban J connectivity index is 1.80. The van der Waals surface area contributed by atoms with Crippen molar-refractivity contribution in [1.29, 1.82) is 0 Å². The minimum Gasteiger partial charge on any atom is -0.302 e. The minimum atomic E-state index is -0.00103. The fourth-order valence-electron chi connectivity index (χ4n) is 2.35. The largest absolute Gasteiger partial charge is 0.307 e. The van der Waals surface area contributed by atoms with E-state index >= 15 is 0 Å². The third-order valence-corrected chi connectivity index (χ3v) is 4.59. The zero-order chi connectivity index (χ0) is 14.8. The second-order valence-electron chi connectivity index (χ2n) is 5.02. The van der Waals surface area contributed by atoms with Crippen LogP contribution >= 0.6 is 11.3 Å². The van der Waals surface area contributed by atoms with Crippen molar-refractivity contribution in [2.24, 2.45) is 7.05 Å². The van der Waals surface area contributed by atoms with E-state index in [2.05, 4.69) is 0 Å². The van der Waals surface area contributed by atoms with Gasteiger partial charge in [-0.25, -0.2) is 0 Å². The molecule has 21 heavy (non-hydrogen) atoms. The molecule has 0 saturated heterocycles. The van der Waals surface area contributed by atoms with E-state index in [-0.39, 0.29) is 10.7 Å². The molecule has 0 amide bonds. The molecular formula is C17H15NO2S. The number of hydrogen-bond donors (Lipinski definition) is 0. The van der Waals surface area contributed by atoms with E-state index < -0.39 is 0 Å². The zero-order valence-electron chi connectivity index (χ0n) is 11.7. The summed E-state index contributed by atoms with van der Waals surface area (Å²) in [5.41, 5.74) is 2.72. The molecule has 3 aromatic rings. The van der Waals surface area contributed by atoms with E-state index in [0.29, 0.717) is 12.0 Å². The molecule has 0 spiro atoms. The molecule has 1 aromatic heterocycles. The number of aromatic nitrogens is 1. The zero-order valence-corrected chi connectivity index (χ0v) is 12.5. The van der Waals surface area contributed by atoms with E-state index in [9.17, 15) is 9.59 Å². The molecule has 4 heteroatoms. The van der Waals surface area contributed by atoms with Gasteiger partial charge in [-0.15, -0.1) is 0 Å². The van der Waals surface area contributed by atoms with Crippen LogP contribution in [-0.2, 0) is 13.5 Å². The van der Waals surface area contributed by atoms with Crippen molar-refractivity contribution in [3.63, 3.8) is 0 Å². The summed E-state index contributed by atoms with van der Waals surface area (Å²) in [5.74, 6) is 0.115. The van der Waals surface area contributed by atoms with Crippen LogP contribution in [0, 0.1) is 0 Å². The van der Waals surface area contributed by atoms with Crippen LogP contribution in [0.5, 0.6) is 0 Å². The minimum absolute atomic E-state index is 0.00103. The number of carbonyl (C=O) groups excluding carboxylic acids is 1. The van der Waals surface area contributed by atoms with Crippen LogP contribution in [0.3, 0.4) is 0 Å². The lowest BCUT2D eigenvalue weighted by atomic mass is 10.0. The number of Topliss-reactive ketones (excluding diaryl/α,β-unsaturated/α-hetero) is 1. The van der Waals surface area contributed by atoms with Gasteiger partial charge < -0.3 is 4.57 Å². The molecule has 0 bridgehead atoms. The van der Waals surface area contributed by atoms with Crippen LogP contribution in [0.25, 0.3) is 10.2 Å². The second-order valence-corrected chi connectivity index (χ2v) is 6.01. The summed E-state index contributed by atoms with van der Waals surface area (Å²) >= 11 is 1.18. The highest BCUT2D eigenvalue weighted by Crippen LogP contribution is 2.19. The number of nitrogens with zero attached hydrogens (tertiary/aromatic N) is 1. The predicted molar refractivity (Wildman–Crippen MR) is 86.2 cm³/mol. The lowest BCUT2D eigenvalue weighted by Crippen LogP contribution is -2.06. The standard InChI is InChI=1S/C17H15NO2S/c1-18-14-9-8-13(11-16(14)21-17(18)20)15(19)10-7-12-5-3-2-4-6-12/h2-6,8-9,11H,7,10H2,1H3. The topological polar surface area (TPSA) is 39.1 Å². The summed E-state index contributed by atoms with van der Waals surface area (Å²) in [5, 5.41) is 0. The third kappa shape index (κ3) is 2.81. The molecule has 3 nitrogen and oxygen atoms in total. The van der Waals surface area contributed by atoms with Crippen molar-refractivity contribution < 1.29 is 4.79 Å². The molecular weight excluding hydrogens is 282 g/mol. The van der Waals surface area contributed by atoms with E-state index in [1.807, 2.05) is 48.5 Å². The molecule has 2 aromatic carbocycles. The number of carbonyl (C=O) groups is 1. The van der Waals surface area contributed by atoms with Crippen molar-refractivity contribution in [3.8, 4) is 0 Å². The van der Waals surface area contributed by atoms with Gasteiger partial charge in [-0.1, -0.05) is 41.7 Å². The molecule has 0 atom stereocenters. The summed E-state index contributed by atoms with van der Waals surface area (Å²) in [6.07, 6.45) is 1.22. The molecule has 0 fully saturated rings. The average molecular weight is 297 g/mol. The molecule has 0 unspecified atom stereocenters. The Labute approximate surface area is 126 Å². The first-order valence-corrected chi connectivity index (χ1v) is 7.63. The van der Waals surface area contributed by atoms with Gasteiger partial charge in [-0.2, -0.15) is 0 Å². The molecule has 0 saturated carbocycles. The maximum absolute atomic E-state index is 12.3. The van der Waals surface area contributed by atoms with E-state index in [1.54, 1.807) is 11.6 Å². The van der Waals surface area contributed by atoms with Crippen molar-refractivity contribution in [1.82, 2.24) is 4.57 Å². The summed E-state index contributed by atoms with van der Waals surface area (Å²) < 4.78 is 2.48. The maximum Gasteiger partial charge on any atom is 0.307 e. The Morgan fingerprint density at radius 1 is 1.14 bits per heavy atom. The fourth-order valence-corrected chi connectivity index (χ4v) is 3.27. The Morgan fingerprint density at radius 3 is 2.67 bits per heavy atom. The van der Waals surface area contributed by atoms with Gasteiger partial charge in [-0.3, -0.25) is 9.59 Å². The molecule has 106 valence electrons. The number of thiazole rings is 1. The highest BCUT2D eigenvalue weighted by Gasteiger charge is 2.10. The fraction of sp³-hybridized carbons (Fsp3) is 0.176. The van der Waals surface area contributed by atoms with Crippen molar-refractivity contribution in [3.05, 3.63) is 69.3 Å². The van der Waals surface area contributed by atoms with Gasteiger partial charge >= 0.3 is 4.87 Å². The van der Waals surface area contributed by atoms with Crippen molar-refractivity contribution in [2.75, 3.05) is 0 Å². The number of rotatable bonds is 4. The number of fused-ring (bicyclic) bond motifs is 1. The Hall–Kier alpha value is -2.20. The summed E-state index contributed by atoms with van der Waals surface area (Å²) in [7, 11) is 1.75. The maximum atomic E-state index is 12.3. The number of benzene rings is 2. The monoisotopic (exact) mass is 297 g/mol. The van der Waals surface area contributed by atoms with Gasteiger partial charge in [0.15, 0.2) is 5.78 Å². The van der Waals surface area contributed by atoms with Crippen molar-refractivity contribution >= 4 is 27.3 Å². The van der Waals surface area contributed by atoms with Gasteiger partial charge in [0.25, 0.3) is 0 Å². The summed E-state index contributed by atoms with van der Waals surface area (Å²) in [6.45, 7) is 0. The van der Waals surface area contributed by atoms with Gasteiger partial charge in [0, 0.05) is 19.0 Å². The summed E-state index contributed by atoms with van der Waals surface area (Å²) in [6, 6.07) is 15.5. The Morgan fingerprint density at radius 2 is 1.90 bits per heavy atom. The van der Waals surface area contributed by atoms with Crippen LogP contribution in [0.4, 0.5) is 0 Å². The number of ketones is 1.